The zero-order valence-electron chi connectivity index (χ0n) is 11.2. The van der Waals surface area contributed by atoms with E-state index in [1.54, 1.807) is 0 Å². The van der Waals surface area contributed by atoms with Gasteiger partial charge in [0.1, 0.15) is 6.67 Å². The summed E-state index contributed by atoms with van der Waals surface area (Å²) in [4.78, 5) is 13.1. The fourth-order valence-corrected chi connectivity index (χ4v) is 2.51. The molecule has 1 aliphatic rings. The molecule has 0 radical (unpaired) electrons. The Morgan fingerprint density at radius 1 is 1.38 bits per heavy atom. The van der Waals surface area contributed by atoms with Gasteiger partial charge in [-0.05, 0) is 17.7 Å². The zero-order chi connectivity index (χ0) is 15.8. The maximum absolute atomic E-state index is 13.7. The summed E-state index contributed by atoms with van der Waals surface area (Å²) in [5.74, 6) is -1.16. The SMILES string of the molecule is CN1C[C@@H](CF)N[C@](c2ccc(N)cc2)(C(F)(F)F)C1=O. The van der Waals surface area contributed by atoms with Gasteiger partial charge in [-0.2, -0.15) is 13.2 Å². The molecule has 1 fully saturated rings. The molecule has 8 heteroatoms. The summed E-state index contributed by atoms with van der Waals surface area (Å²) >= 11 is 0. The van der Waals surface area contributed by atoms with Gasteiger partial charge in [0.2, 0.25) is 5.54 Å². The summed E-state index contributed by atoms with van der Waals surface area (Å²) in [6, 6.07) is 3.71. The number of nitrogens with zero attached hydrogens (tertiary/aromatic N) is 1. The third-order valence-corrected chi connectivity index (χ3v) is 3.54. The molecule has 1 aromatic carbocycles. The van der Waals surface area contributed by atoms with Crippen LogP contribution in [0.5, 0.6) is 0 Å². The number of halogens is 4. The van der Waals surface area contributed by atoms with E-state index in [4.69, 9.17) is 5.73 Å². The number of anilines is 1. The monoisotopic (exact) mass is 305 g/mol. The first-order valence-corrected chi connectivity index (χ1v) is 6.24. The Morgan fingerprint density at radius 3 is 2.43 bits per heavy atom. The Hall–Kier alpha value is -1.83. The molecule has 0 aromatic heterocycles. The second kappa shape index (κ2) is 5.18. The van der Waals surface area contributed by atoms with E-state index < -0.39 is 30.3 Å². The molecule has 2 atom stereocenters. The smallest absolute Gasteiger partial charge is 0.399 e. The Kier molecular flexibility index (Phi) is 3.83. The van der Waals surface area contributed by atoms with Crippen molar-refractivity contribution in [3.63, 3.8) is 0 Å². The van der Waals surface area contributed by atoms with E-state index in [0.717, 1.165) is 17.0 Å². The highest BCUT2D eigenvalue weighted by molar-refractivity contribution is 5.89. The van der Waals surface area contributed by atoms with Gasteiger partial charge in [-0.1, -0.05) is 12.1 Å². The van der Waals surface area contributed by atoms with Crippen LogP contribution in [0.4, 0.5) is 23.2 Å². The van der Waals surface area contributed by atoms with E-state index in [9.17, 15) is 22.4 Å². The number of amides is 1. The zero-order valence-corrected chi connectivity index (χ0v) is 11.2. The van der Waals surface area contributed by atoms with E-state index in [0.29, 0.717) is 0 Å². The molecule has 3 N–H and O–H groups in total. The van der Waals surface area contributed by atoms with Crippen LogP contribution in [-0.2, 0) is 10.3 Å². The summed E-state index contributed by atoms with van der Waals surface area (Å²) < 4.78 is 53.9. The number of rotatable bonds is 2. The minimum Gasteiger partial charge on any atom is -0.399 e. The number of carbonyl (C=O) groups excluding carboxylic acids is 1. The van der Waals surface area contributed by atoms with Crippen LogP contribution in [0.3, 0.4) is 0 Å². The highest BCUT2D eigenvalue weighted by Crippen LogP contribution is 2.42. The second-order valence-corrected chi connectivity index (χ2v) is 5.05. The van der Waals surface area contributed by atoms with Gasteiger partial charge in [0.05, 0.1) is 6.04 Å². The molecule has 0 aliphatic carbocycles. The summed E-state index contributed by atoms with van der Waals surface area (Å²) in [6.45, 7) is -1.13. The first-order chi connectivity index (χ1) is 9.72. The lowest BCUT2D eigenvalue weighted by Crippen LogP contribution is -2.71. The van der Waals surface area contributed by atoms with Crippen molar-refractivity contribution in [1.82, 2.24) is 10.2 Å². The molecule has 4 nitrogen and oxygen atoms in total. The van der Waals surface area contributed by atoms with Crippen molar-refractivity contribution in [1.29, 1.82) is 0 Å². The Morgan fingerprint density at radius 2 is 1.95 bits per heavy atom. The molecule has 1 heterocycles. The number of nitrogen functional groups attached to an aromatic ring is 1. The van der Waals surface area contributed by atoms with Crippen molar-refractivity contribution in [2.24, 2.45) is 0 Å². The van der Waals surface area contributed by atoms with Gasteiger partial charge < -0.3 is 10.6 Å². The van der Waals surface area contributed by atoms with Gasteiger partial charge in [0, 0.05) is 19.3 Å². The largest absolute Gasteiger partial charge is 0.419 e. The van der Waals surface area contributed by atoms with E-state index >= 15 is 0 Å². The summed E-state index contributed by atoms with van der Waals surface area (Å²) in [5, 5.41) is 2.14. The van der Waals surface area contributed by atoms with Gasteiger partial charge in [0.25, 0.3) is 5.91 Å². The lowest BCUT2D eigenvalue weighted by atomic mass is 9.84. The second-order valence-electron chi connectivity index (χ2n) is 5.05. The normalized spacial score (nSPS) is 27.0. The molecular formula is C13H15F4N3O. The molecule has 1 saturated heterocycles. The highest BCUT2D eigenvalue weighted by atomic mass is 19.4. The van der Waals surface area contributed by atoms with E-state index in [-0.39, 0.29) is 17.8 Å². The average molecular weight is 305 g/mol. The number of nitrogens with two attached hydrogens (primary N) is 1. The molecule has 0 unspecified atom stereocenters. The summed E-state index contributed by atoms with van der Waals surface area (Å²) in [6.07, 6.45) is -4.91. The number of carbonyl (C=O) groups is 1. The maximum atomic E-state index is 13.7. The number of benzene rings is 1. The van der Waals surface area contributed by atoms with Gasteiger partial charge in [-0.3, -0.25) is 10.1 Å². The highest BCUT2D eigenvalue weighted by Gasteiger charge is 2.64. The van der Waals surface area contributed by atoms with Crippen LogP contribution in [0.1, 0.15) is 5.56 Å². The molecule has 2 rings (SSSR count). The fraction of sp³-hybridized carbons (Fsp3) is 0.462. The van der Waals surface area contributed by atoms with Gasteiger partial charge in [0.15, 0.2) is 0 Å². The molecule has 1 amide bonds. The van der Waals surface area contributed by atoms with Crippen LogP contribution < -0.4 is 11.1 Å². The quantitative estimate of drug-likeness (QED) is 0.642. The molecule has 21 heavy (non-hydrogen) atoms. The van der Waals surface area contributed by atoms with Gasteiger partial charge >= 0.3 is 6.18 Å². The van der Waals surface area contributed by atoms with Crippen LogP contribution >= 0.6 is 0 Å². The van der Waals surface area contributed by atoms with Crippen LogP contribution in [-0.4, -0.2) is 43.3 Å². The minimum absolute atomic E-state index is 0.123. The molecule has 0 saturated carbocycles. The lowest BCUT2D eigenvalue weighted by Gasteiger charge is -2.45. The predicted molar refractivity (Wildman–Crippen MR) is 69.1 cm³/mol. The Balaban J connectivity index is 2.60. The number of nitrogens with one attached hydrogen (secondary N) is 1. The van der Waals surface area contributed by atoms with Crippen LogP contribution in [0.15, 0.2) is 24.3 Å². The van der Waals surface area contributed by atoms with Gasteiger partial charge in [-0.25, -0.2) is 4.39 Å². The first-order valence-electron chi connectivity index (χ1n) is 6.24. The Bertz CT molecular complexity index is 531. The summed E-state index contributed by atoms with van der Waals surface area (Å²) in [5.41, 5.74) is 2.48. The van der Waals surface area contributed by atoms with Crippen LogP contribution in [0, 0.1) is 0 Å². The van der Waals surface area contributed by atoms with Crippen molar-refractivity contribution in [3.8, 4) is 0 Å². The van der Waals surface area contributed by atoms with Gasteiger partial charge in [-0.15, -0.1) is 0 Å². The topological polar surface area (TPSA) is 58.4 Å². The summed E-state index contributed by atoms with van der Waals surface area (Å²) in [7, 11) is 1.23. The third kappa shape index (κ3) is 2.44. The van der Waals surface area contributed by atoms with Crippen molar-refractivity contribution in [2.75, 3.05) is 26.0 Å². The number of hydrogen-bond donors (Lipinski definition) is 2. The third-order valence-electron chi connectivity index (χ3n) is 3.54. The van der Waals surface area contributed by atoms with E-state index in [1.807, 2.05) is 0 Å². The number of alkyl halides is 4. The van der Waals surface area contributed by atoms with Crippen LogP contribution in [0.2, 0.25) is 0 Å². The van der Waals surface area contributed by atoms with Crippen molar-refractivity contribution < 1.29 is 22.4 Å². The van der Waals surface area contributed by atoms with Crippen molar-refractivity contribution >= 4 is 11.6 Å². The standard InChI is InChI=1S/C13H15F4N3O/c1-20-7-10(6-14)19-12(11(20)21,13(15,16)17)8-2-4-9(18)5-3-8/h2-5,10,19H,6-7,18H2,1H3/t10-,12+/m1/s1. The minimum atomic E-state index is -4.91. The van der Waals surface area contributed by atoms with E-state index in [1.165, 1.54) is 19.2 Å². The average Bonchev–Trinajstić information content (AvgIpc) is 2.41. The predicted octanol–water partition coefficient (Wildman–Crippen LogP) is 1.43. The number of piperazine rings is 1. The molecule has 1 aliphatic heterocycles. The van der Waals surface area contributed by atoms with E-state index in [2.05, 4.69) is 5.32 Å². The van der Waals surface area contributed by atoms with Crippen molar-refractivity contribution in [3.05, 3.63) is 29.8 Å². The van der Waals surface area contributed by atoms with Crippen molar-refractivity contribution in [2.45, 2.75) is 17.8 Å². The van der Waals surface area contributed by atoms with Crippen LogP contribution in [0.25, 0.3) is 0 Å². The molecule has 0 bridgehead atoms. The first kappa shape index (κ1) is 15.6. The molecule has 116 valence electrons. The molecule has 1 aromatic rings. The Labute approximate surface area is 118 Å². The number of likely N-dealkylation sites (N-methyl/N-ethyl adjacent to an activating group) is 1. The maximum Gasteiger partial charge on any atom is 0.419 e. The molecular weight excluding hydrogens is 290 g/mol. The fourth-order valence-electron chi connectivity index (χ4n) is 2.51. The number of hydrogen-bond acceptors (Lipinski definition) is 3. The lowest BCUT2D eigenvalue weighted by molar-refractivity contribution is -0.216. The molecule has 0 spiro atoms.